The minimum Gasteiger partial charge on any atom is -0.493 e. The number of piperidine rings is 1. The topological polar surface area (TPSA) is 59.0 Å². The van der Waals surface area contributed by atoms with Gasteiger partial charge in [0.25, 0.3) is 0 Å². The summed E-state index contributed by atoms with van der Waals surface area (Å²) in [6, 6.07) is 3.15. The van der Waals surface area contributed by atoms with E-state index < -0.39 is 30.1 Å². The Morgan fingerprint density at radius 3 is 3.04 bits per heavy atom. The van der Waals surface area contributed by atoms with Crippen LogP contribution in [0, 0.1) is 0 Å². The second-order valence-electron chi connectivity index (χ2n) is 7.15. The van der Waals surface area contributed by atoms with Crippen molar-refractivity contribution in [3.8, 4) is 11.5 Å². The van der Waals surface area contributed by atoms with Gasteiger partial charge in [-0.25, -0.2) is 0 Å². The van der Waals surface area contributed by atoms with Crippen LogP contribution >= 0.6 is 12.4 Å². The van der Waals surface area contributed by atoms with E-state index in [0.29, 0.717) is 30.9 Å². The van der Waals surface area contributed by atoms with Gasteiger partial charge in [-0.3, -0.25) is 4.79 Å². The quantitative estimate of drug-likeness (QED) is 0.827. The molecule has 1 aromatic carbocycles. The fraction of sp³-hybridized carbons (Fsp3) is 0.611. The Kier molecular flexibility index (Phi) is 2.63. The van der Waals surface area contributed by atoms with Crippen LogP contribution in [0.3, 0.4) is 0 Å². The van der Waals surface area contributed by atoms with E-state index in [4.69, 9.17) is 13.6 Å². The van der Waals surface area contributed by atoms with E-state index in [2.05, 4.69) is 0 Å². The van der Waals surface area contributed by atoms with E-state index in [9.17, 15) is 9.90 Å². The minimum absolute atomic E-state index is 0. The largest absolute Gasteiger partial charge is 0.493 e. The molecular weight excluding hydrogens is 330 g/mol. The molecule has 6 heteroatoms. The lowest BCUT2D eigenvalue weighted by molar-refractivity contribution is -0.185. The summed E-state index contributed by atoms with van der Waals surface area (Å²) in [6.45, 7) is -1.99. The molecule has 1 spiro atoms. The molecule has 1 saturated carbocycles. The van der Waals surface area contributed by atoms with Crippen LogP contribution in [0.2, 0.25) is 0 Å². The van der Waals surface area contributed by atoms with Crippen LogP contribution in [0.15, 0.2) is 12.1 Å². The normalized spacial score (nSPS) is 41.2. The number of ketones is 1. The van der Waals surface area contributed by atoms with Crippen molar-refractivity contribution in [2.24, 2.45) is 0 Å². The smallest absolute Gasteiger partial charge is 0.174 e. The van der Waals surface area contributed by atoms with Crippen molar-refractivity contribution < 1.29 is 23.5 Å². The first-order chi connectivity index (χ1) is 12.2. The van der Waals surface area contributed by atoms with Crippen LogP contribution in [0.1, 0.15) is 34.5 Å². The number of nitrogens with zero attached hydrogens (tertiary/aromatic N) is 1. The van der Waals surface area contributed by atoms with E-state index in [1.54, 1.807) is 13.2 Å². The number of hydrogen-bond donors (Lipinski definition) is 1. The van der Waals surface area contributed by atoms with Crippen molar-refractivity contribution in [2.45, 2.75) is 48.8 Å². The molecule has 0 amide bonds. The maximum Gasteiger partial charge on any atom is 0.174 e. The van der Waals surface area contributed by atoms with Gasteiger partial charge in [0, 0.05) is 22.1 Å². The molecule has 2 bridgehead atoms. The lowest BCUT2D eigenvalue weighted by atomic mass is 9.49. The van der Waals surface area contributed by atoms with Crippen LogP contribution < -0.4 is 9.47 Å². The lowest BCUT2D eigenvalue weighted by Gasteiger charge is -2.62. The average Bonchev–Trinajstić information content (AvgIpc) is 2.92. The van der Waals surface area contributed by atoms with Crippen molar-refractivity contribution in [1.29, 1.82) is 0 Å². The molecule has 1 N–H and O–H groups in total. The second kappa shape index (κ2) is 4.87. The number of methoxy groups -OCH3 is 1. The highest BCUT2D eigenvalue weighted by atomic mass is 35.5. The number of carbonyl (C=O) groups is 1. The summed E-state index contributed by atoms with van der Waals surface area (Å²) in [6.07, 6.45) is 0.488. The number of rotatable bonds is 1. The molecule has 2 heterocycles. The highest BCUT2D eigenvalue weighted by molar-refractivity contribution is 5.90. The Labute approximate surface area is 151 Å². The highest BCUT2D eigenvalue weighted by Gasteiger charge is 2.72. The Morgan fingerprint density at radius 2 is 2.29 bits per heavy atom. The standard InChI is InChI=1S/C18H21NO4.ClH/c1-19-8-7-17-14-10-3-4-12(22-2)15(14)23-16(17)11(20)5-6-18(17,21)13(19)9-10;/h3-4,13,16,21H,5-9H2,1-2H3;1H/t13-,16+,17+,18-;/m1./s1/i1D3;. The Morgan fingerprint density at radius 1 is 1.46 bits per heavy atom. The highest BCUT2D eigenvalue weighted by Crippen LogP contribution is 2.64. The fourth-order valence-electron chi connectivity index (χ4n) is 5.48. The van der Waals surface area contributed by atoms with E-state index in [1.165, 1.54) is 4.90 Å². The summed E-state index contributed by atoms with van der Waals surface area (Å²) in [7, 11) is 1.55. The molecule has 5 rings (SSSR count). The van der Waals surface area contributed by atoms with E-state index in [-0.39, 0.29) is 31.0 Å². The number of aliphatic hydroxyl groups is 1. The Hall–Kier alpha value is -1.30. The molecule has 130 valence electrons. The van der Waals surface area contributed by atoms with Gasteiger partial charge in [-0.15, -0.1) is 12.4 Å². The third-order valence-electron chi connectivity index (χ3n) is 6.46. The van der Waals surface area contributed by atoms with Crippen molar-refractivity contribution in [3.63, 3.8) is 0 Å². The summed E-state index contributed by atoms with van der Waals surface area (Å²) in [5.74, 6) is 1.07. The molecule has 0 unspecified atom stereocenters. The number of likely N-dealkylation sites (N-methyl/N-ethyl adjacent to an activating group) is 1. The number of benzene rings is 1. The van der Waals surface area contributed by atoms with E-state index >= 15 is 0 Å². The zero-order valence-electron chi connectivity index (χ0n) is 16.4. The van der Waals surface area contributed by atoms with E-state index in [0.717, 1.165) is 11.1 Å². The summed E-state index contributed by atoms with van der Waals surface area (Å²) in [4.78, 5) is 14.2. The molecule has 4 atom stereocenters. The fourth-order valence-corrected chi connectivity index (χ4v) is 5.48. The molecule has 0 aromatic heterocycles. The van der Waals surface area contributed by atoms with Crippen LogP contribution in [-0.4, -0.2) is 54.2 Å². The summed E-state index contributed by atoms with van der Waals surface area (Å²) in [5.41, 5.74) is -0.379. The van der Waals surface area contributed by atoms with Crippen LogP contribution in [-0.2, 0) is 16.6 Å². The maximum atomic E-state index is 12.7. The second-order valence-corrected chi connectivity index (χ2v) is 7.15. The zero-order valence-corrected chi connectivity index (χ0v) is 14.2. The first-order valence-electron chi connectivity index (χ1n) is 9.63. The zero-order chi connectivity index (χ0) is 18.5. The summed E-state index contributed by atoms with van der Waals surface area (Å²) < 4.78 is 35.3. The Bertz CT molecular complexity index is 832. The monoisotopic (exact) mass is 354 g/mol. The van der Waals surface area contributed by atoms with Crippen molar-refractivity contribution >= 4 is 18.2 Å². The number of ether oxygens (including phenoxy) is 2. The van der Waals surface area contributed by atoms with Crippen LogP contribution in [0.25, 0.3) is 0 Å². The van der Waals surface area contributed by atoms with Crippen LogP contribution in [0.4, 0.5) is 0 Å². The number of carbonyl (C=O) groups excluding carboxylic acids is 1. The van der Waals surface area contributed by atoms with Gasteiger partial charge in [0.15, 0.2) is 23.4 Å². The van der Waals surface area contributed by atoms with Gasteiger partial charge in [0.2, 0.25) is 0 Å². The van der Waals surface area contributed by atoms with Gasteiger partial charge in [-0.2, -0.15) is 0 Å². The first-order valence-corrected chi connectivity index (χ1v) is 8.13. The van der Waals surface area contributed by atoms with Gasteiger partial charge in [0.1, 0.15) is 0 Å². The molecule has 1 saturated heterocycles. The maximum absolute atomic E-state index is 12.7. The molecule has 0 radical (unpaired) electrons. The van der Waals surface area contributed by atoms with E-state index in [1.807, 2.05) is 6.07 Å². The molecule has 2 fully saturated rings. The number of hydrogen-bond acceptors (Lipinski definition) is 5. The summed E-state index contributed by atoms with van der Waals surface area (Å²) >= 11 is 0. The predicted octanol–water partition coefficient (Wildman–Crippen LogP) is 1.47. The molecule has 4 aliphatic rings. The number of halogens is 1. The molecule has 24 heavy (non-hydrogen) atoms. The Balaban J connectivity index is 0.00000180. The molecule has 2 aliphatic carbocycles. The van der Waals surface area contributed by atoms with Gasteiger partial charge in [0.05, 0.1) is 18.1 Å². The van der Waals surface area contributed by atoms with Gasteiger partial charge in [-0.1, -0.05) is 6.07 Å². The van der Waals surface area contributed by atoms with Crippen molar-refractivity contribution in [3.05, 3.63) is 23.3 Å². The predicted molar refractivity (Wildman–Crippen MR) is 90.3 cm³/mol. The summed E-state index contributed by atoms with van der Waals surface area (Å²) in [5, 5.41) is 11.9. The number of Topliss-reactive ketones (excluding diaryl/α,β-unsaturated/α-hetero) is 1. The first kappa shape index (κ1) is 13.0. The van der Waals surface area contributed by atoms with Gasteiger partial charge in [-0.05, 0) is 44.4 Å². The van der Waals surface area contributed by atoms with Gasteiger partial charge >= 0.3 is 0 Å². The van der Waals surface area contributed by atoms with Crippen molar-refractivity contribution in [2.75, 3.05) is 20.6 Å². The molecular formula is C18H22ClNO4. The minimum atomic E-state index is -2.29. The average molecular weight is 355 g/mol. The third kappa shape index (κ3) is 1.52. The van der Waals surface area contributed by atoms with Crippen molar-refractivity contribution in [1.82, 2.24) is 4.90 Å². The molecule has 2 aliphatic heterocycles. The number of likely N-dealkylation sites (tertiary alicyclic amines) is 1. The third-order valence-corrected chi connectivity index (χ3v) is 6.46. The molecule has 5 nitrogen and oxygen atoms in total. The lowest BCUT2D eigenvalue weighted by Crippen LogP contribution is -2.76. The molecule has 1 aromatic rings. The van der Waals surface area contributed by atoms with Gasteiger partial charge < -0.3 is 19.5 Å². The SMILES string of the molecule is Cl.[2H]C([2H])([2H])N1CC[C@]23c4c5ccc(OC)c4O[C@H]2C(=O)CC[C@@]3(O)[C@H]1C5. The van der Waals surface area contributed by atoms with Crippen LogP contribution in [0.5, 0.6) is 11.5 Å².